The van der Waals surface area contributed by atoms with E-state index in [-0.39, 0.29) is 0 Å². The van der Waals surface area contributed by atoms with Gasteiger partial charge in [-0.05, 0) is 76.1 Å². The molecular formula is C52H29N5. The van der Waals surface area contributed by atoms with Gasteiger partial charge in [-0.1, -0.05) is 121 Å². The number of benzene rings is 9. The summed E-state index contributed by atoms with van der Waals surface area (Å²) in [6.07, 6.45) is 0. The number of fused-ring (bicyclic) bond motifs is 17. The minimum atomic E-state index is 0.647. The van der Waals surface area contributed by atoms with Crippen molar-refractivity contribution >= 4 is 114 Å². The fraction of sp³-hybridized carbons (Fsp3) is 0. The Bertz CT molecular complexity index is 4050. The van der Waals surface area contributed by atoms with Crippen LogP contribution in [0.5, 0.6) is 0 Å². The molecule has 14 aromatic rings. The smallest absolute Gasteiger partial charge is 0.237 e. The molecule has 0 amide bonds. The molecule has 262 valence electrons. The lowest BCUT2D eigenvalue weighted by Gasteiger charge is -2.14. The van der Waals surface area contributed by atoms with Crippen LogP contribution in [0.25, 0.3) is 126 Å². The average Bonchev–Trinajstić information content (AvgIpc) is 3.99. The van der Waals surface area contributed by atoms with E-state index in [4.69, 9.17) is 9.97 Å². The van der Waals surface area contributed by atoms with Gasteiger partial charge < -0.3 is 4.40 Å². The van der Waals surface area contributed by atoms with Gasteiger partial charge in [-0.2, -0.15) is 4.98 Å². The van der Waals surface area contributed by atoms with Gasteiger partial charge in [-0.15, -0.1) is 0 Å². The third-order valence-electron chi connectivity index (χ3n) is 12.5. The quantitative estimate of drug-likeness (QED) is 0.178. The summed E-state index contributed by atoms with van der Waals surface area (Å²) >= 11 is 0. The summed E-state index contributed by atoms with van der Waals surface area (Å²) in [4.78, 5) is 11.1. The number of para-hydroxylation sites is 4. The van der Waals surface area contributed by atoms with E-state index in [1.807, 2.05) is 0 Å². The van der Waals surface area contributed by atoms with Crippen LogP contribution in [-0.4, -0.2) is 23.5 Å². The van der Waals surface area contributed by atoms with Crippen LogP contribution in [-0.2, 0) is 0 Å². The molecule has 0 N–H and O–H groups in total. The Morgan fingerprint density at radius 3 is 1.72 bits per heavy atom. The SMILES string of the molecule is c1ccc2cc3c(cc2c1)c1c2c(cc4c5ccccc5n3c41)c1ccccc1n2-c1nc(-n2c3ccccc3c3c4ccccc4ccc32)nc2ccccc12. The van der Waals surface area contributed by atoms with E-state index in [0.29, 0.717) is 5.95 Å². The van der Waals surface area contributed by atoms with Gasteiger partial charge in [0.25, 0.3) is 0 Å². The molecule has 0 aliphatic heterocycles. The largest absolute Gasteiger partial charge is 0.308 e. The van der Waals surface area contributed by atoms with E-state index in [0.717, 1.165) is 38.8 Å². The maximum Gasteiger partial charge on any atom is 0.237 e. The van der Waals surface area contributed by atoms with E-state index in [1.54, 1.807) is 0 Å². The molecule has 0 bridgehead atoms. The molecule has 0 aliphatic rings. The summed E-state index contributed by atoms with van der Waals surface area (Å²) in [6.45, 7) is 0. The Morgan fingerprint density at radius 2 is 0.912 bits per heavy atom. The molecule has 0 saturated heterocycles. The highest BCUT2D eigenvalue weighted by atomic mass is 15.2. The molecule has 5 nitrogen and oxygen atoms in total. The Morgan fingerprint density at radius 1 is 0.316 bits per heavy atom. The molecule has 0 aliphatic carbocycles. The molecule has 0 spiro atoms. The molecule has 0 fully saturated rings. The molecule has 5 aromatic heterocycles. The number of aromatic nitrogens is 5. The Kier molecular flexibility index (Phi) is 5.45. The van der Waals surface area contributed by atoms with E-state index < -0.39 is 0 Å². The van der Waals surface area contributed by atoms with Gasteiger partial charge in [0.15, 0.2) is 5.82 Å². The van der Waals surface area contributed by atoms with Crippen LogP contribution in [0.1, 0.15) is 0 Å². The fourth-order valence-corrected chi connectivity index (χ4v) is 10.2. The first-order chi connectivity index (χ1) is 28.3. The van der Waals surface area contributed by atoms with E-state index in [2.05, 4.69) is 189 Å². The summed E-state index contributed by atoms with van der Waals surface area (Å²) in [5.41, 5.74) is 9.01. The van der Waals surface area contributed by atoms with Gasteiger partial charge in [0.1, 0.15) is 0 Å². The highest BCUT2D eigenvalue weighted by Gasteiger charge is 2.26. The van der Waals surface area contributed by atoms with Crippen molar-refractivity contribution in [2.24, 2.45) is 0 Å². The lowest BCUT2D eigenvalue weighted by atomic mass is 10.0. The van der Waals surface area contributed by atoms with Gasteiger partial charge >= 0.3 is 0 Å². The summed E-state index contributed by atoms with van der Waals surface area (Å²) < 4.78 is 7.19. The van der Waals surface area contributed by atoms with Crippen LogP contribution >= 0.6 is 0 Å². The van der Waals surface area contributed by atoms with Crippen molar-refractivity contribution in [2.75, 3.05) is 0 Å². The maximum absolute atomic E-state index is 5.70. The van der Waals surface area contributed by atoms with Crippen molar-refractivity contribution in [1.29, 1.82) is 0 Å². The number of rotatable bonds is 2. The first-order valence-corrected chi connectivity index (χ1v) is 19.5. The Balaban J connectivity index is 1.20. The number of hydrogen-bond donors (Lipinski definition) is 0. The van der Waals surface area contributed by atoms with Crippen molar-refractivity contribution in [3.8, 4) is 11.8 Å². The molecule has 0 saturated carbocycles. The fourth-order valence-electron chi connectivity index (χ4n) is 10.2. The molecule has 5 heterocycles. The molecule has 5 heteroatoms. The Labute approximate surface area is 324 Å². The molecular weight excluding hydrogens is 695 g/mol. The van der Waals surface area contributed by atoms with Crippen LogP contribution in [0.3, 0.4) is 0 Å². The van der Waals surface area contributed by atoms with Crippen molar-refractivity contribution in [1.82, 2.24) is 23.5 Å². The second-order valence-corrected chi connectivity index (χ2v) is 15.4. The van der Waals surface area contributed by atoms with Crippen LogP contribution in [0.4, 0.5) is 0 Å². The molecule has 0 unspecified atom stereocenters. The topological polar surface area (TPSA) is 40.0 Å². The molecule has 0 atom stereocenters. The highest BCUT2D eigenvalue weighted by Crippen LogP contribution is 2.47. The minimum Gasteiger partial charge on any atom is -0.308 e. The first kappa shape index (κ1) is 29.6. The average molecular weight is 724 g/mol. The monoisotopic (exact) mass is 723 g/mol. The number of nitrogens with zero attached hydrogens (tertiary/aromatic N) is 5. The molecule has 57 heavy (non-hydrogen) atoms. The highest BCUT2D eigenvalue weighted by molar-refractivity contribution is 6.35. The van der Waals surface area contributed by atoms with Crippen molar-refractivity contribution in [2.45, 2.75) is 0 Å². The van der Waals surface area contributed by atoms with Crippen LogP contribution < -0.4 is 0 Å². The lowest BCUT2D eigenvalue weighted by Crippen LogP contribution is -2.07. The van der Waals surface area contributed by atoms with Crippen LogP contribution in [0, 0.1) is 0 Å². The van der Waals surface area contributed by atoms with Crippen LogP contribution in [0.2, 0.25) is 0 Å². The second-order valence-electron chi connectivity index (χ2n) is 15.4. The number of hydrogen-bond acceptors (Lipinski definition) is 2. The lowest BCUT2D eigenvalue weighted by molar-refractivity contribution is 0.974. The molecule has 14 rings (SSSR count). The summed E-state index contributed by atoms with van der Waals surface area (Å²) in [5, 5.41) is 15.7. The van der Waals surface area contributed by atoms with E-state index in [1.165, 1.54) is 81.2 Å². The zero-order valence-corrected chi connectivity index (χ0v) is 30.5. The minimum absolute atomic E-state index is 0.647. The zero-order valence-electron chi connectivity index (χ0n) is 30.5. The van der Waals surface area contributed by atoms with Gasteiger partial charge in [0.05, 0.1) is 44.1 Å². The first-order valence-electron chi connectivity index (χ1n) is 19.5. The van der Waals surface area contributed by atoms with Crippen molar-refractivity contribution in [3.05, 3.63) is 176 Å². The Hall–Kier alpha value is -7.76. The molecule has 9 aromatic carbocycles. The third kappa shape index (κ3) is 3.69. The third-order valence-corrected chi connectivity index (χ3v) is 12.5. The summed E-state index contributed by atoms with van der Waals surface area (Å²) in [6, 6.07) is 63.8. The standard InChI is InChI=1S/C52H29N5/c1-2-15-32-28-46-40(27-31(32)14-1)48-49-38(34-17-6-10-22-42(34)55(46)49)29-39-35-18-7-11-23-43(35)57(50(39)48)51-36-19-5-9-21-41(36)53-52(54-51)56-44-24-12-8-20-37(44)47-33-16-4-3-13-30(33)25-26-45(47)56/h1-29H. The van der Waals surface area contributed by atoms with Crippen molar-refractivity contribution < 1.29 is 0 Å². The summed E-state index contributed by atoms with van der Waals surface area (Å²) in [7, 11) is 0. The van der Waals surface area contributed by atoms with Crippen molar-refractivity contribution in [3.63, 3.8) is 0 Å². The maximum atomic E-state index is 5.70. The normalized spacial score (nSPS) is 12.6. The predicted octanol–water partition coefficient (Wildman–Crippen LogP) is 13.3. The van der Waals surface area contributed by atoms with Gasteiger partial charge in [0, 0.05) is 48.5 Å². The van der Waals surface area contributed by atoms with Gasteiger partial charge in [-0.3, -0.25) is 9.13 Å². The zero-order chi connectivity index (χ0) is 36.9. The van der Waals surface area contributed by atoms with Gasteiger partial charge in [0.2, 0.25) is 5.95 Å². The predicted molar refractivity (Wildman–Crippen MR) is 238 cm³/mol. The van der Waals surface area contributed by atoms with Gasteiger partial charge in [-0.25, -0.2) is 4.98 Å². The molecule has 0 radical (unpaired) electrons. The second kappa shape index (κ2) is 10.5. The van der Waals surface area contributed by atoms with E-state index >= 15 is 0 Å². The van der Waals surface area contributed by atoms with Crippen LogP contribution in [0.15, 0.2) is 176 Å². The summed E-state index contributed by atoms with van der Waals surface area (Å²) in [5.74, 6) is 1.51. The van der Waals surface area contributed by atoms with E-state index in [9.17, 15) is 0 Å².